The molecule has 1 aromatic heterocycles. The predicted molar refractivity (Wildman–Crippen MR) is 104 cm³/mol. The van der Waals surface area contributed by atoms with Crippen molar-refractivity contribution < 1.29 is 14.4 Å². The fourth-order valence-corrected chi connectivity index (χ4v) is 4.51. The maximum Gasteiger partial charge on any atom is 0.243 e. The molecule has 0 bridgehead atoms. The standard InChI is InChI=1S/C20H27N3O3S/c1-12(2)10-17(18(24)21-9-8-14-11-27-13(3)22-14)23-19(25)15-6-4-5-7-16(15)20(23)26/h4-5,11-12,15-17H,6-10H2,1-3H3,(H,21,24)/t15-,16+,17-/m1/s1. The number of fused-ring (bicyclic) bond motifs is 1. The molecule has 146 valence electrons. The number of likely N-dealkylation sites (tertiary alicyclic amines) is 1. The molecule has 27 heavy (non-hydrogen) atoms. The van der Waals surface area contributed by atoms with Gasteiger partial charge in [0.2, 0.25) is 17.7 Å². The van der Waals surface area contributed by atoms with Crippen LogP contribution in [0.4, 0.5) is 0 Å². The number of carbonyl (C=O) groups excluding carboxylic acids is 3. The zero-order valence-electron chi connectivity index (χ0n) is 16.1. The lowest BCUT2D eigenvalue weighted by atomic mass is 9.85. The van der Waals surface area contributed by atoms with Crippen LogP contribution in [0.3, 0.4) is 0 Å². The van der Waals surface area contributed by atoms with Gasteiger partial charge in [-0.3, -0.25) is 19.3 Å². The Hall–Kier alpha value is -2.02. The van der Waals surface area contributed by atoms with Gasteiger partial charge in [0.05, 0.1) is 22.5 Å². The lowest BCUT2D eigenvalue weighted by Crippen LogP contribution is -2.51. The number of aromatic nitrogens is 1. The Morgan fingerprint density at radius 2 is 1.89 bits per heavy atom. The molecule has 6 nitrogen and oxygen atoms in total. The summed E-state index contributed by atoms with van der Waals surface area (Å²) in [6.45, 7) is 6.39. The van der Waals surface area contributed by atoms with Gasteiger partial charge in [0.1, 0.15) is 6.04 Å². The summed E-state index contributed by atoms with van der Waals surface area (Å²) in [7, 11) is 0. The molecular formula is C20H27N3O3S. The molecule has 0 aromatic carbocycles. The summed E-state index contributed by atoms with van der Waals surface area (Å²) in [5, 5.41) is 5.89. The average Bonchev–Trinajstić information content (AvgIpc) is 3.15. The van der Waals surface area contributed by atoms with Gasteiger partial charge in [-0.05, 0) is 32.1 Å². The van der Waals surface area contributed by atoms with Crippen molar-refractivity contribution >= 4 is 29.1 Å². The van der Waals surface area contributed by atoms with Gasteiger partial charge in [0.15, 0.2) is 0 Å². The van der Waals surface area contributed by atoms with Crippen LogP contribution in [0, 0.1) is 24.7 Å². The highest BCUT2D eigenvalue weighted by atomic mass is 32.1. The van der Waals surface area contributed by atoms with E-state index in [4.69, 9.17) is 0 Å². The van der Waals surface area contributed by atoms with E-state index in [-0.39, 0.29) is 35.5 Å². The summed E-state index contributed by atoms with van der Waals surface area (Å²) < 4.78 is 0. The van der Waals surface area contributed by atoms with E-state index < -0.39 is 6.04 Å². The van der Waals surface area contributed by atoms with Gasteiger partial charge in [-0.25, -0.2) is 4.98 Å². The van der Waals surface area contributed by atoms with E-state index in [9.17, 15) is 14.4 Å². The molecule has 7 heteroatoms. The van der Waals surface area contributed by atoms with E-state index in [0.717, 1.165) is 10.7 Å². The summed E-state index contributed by atoms with van der Waals surface area (Å²) in [6, 6.07) is -0.729. The van der Waals surface area contributed by atoms with Gasteiger partial charge < -0.3 is 5.32 Å². The van der Waals surface area contributed by atoms with Gasteiger partial charge >= 0.3 is 0 Å². The number of carbonyl (C=O) groups is 3. The minimum Gasteiger partial charge on any atom is -0.354 e. The molecule has 1 N–H and O–H groups in total. The van der Waals surface area contributed by atoms with Crippen LogP contribution in [-0.4, -0.2) is 40.2 Å². The van der Waals surface area contributed by atoms with Crippen LogP contribution in [0.2, 0.25) is 0 Å². The zero-order chi connectivity index (χ0) is 19.6. The quantitative estimate of drug-likeness (QED) is 0.574. The number of amides is 3. The van der Waals surface area contributed by atoms with Crippen LogP contribution in [0.1, 0.15) is 43.8 Å². The Morgan fingerprint density at radius 1 is 1.26 bits per heavy atom. The van der Waals surface area contributed by atoms with Crippen molar-refractivity contribution in [3.63, 3.8) is 0 Å². The molecule has 1 aliphatic carbocycles. The average molecular weight is 390 g/mol. The molecule has 0 unspecified atom stereocenters. The van der Waals surface area contributed by atoms with Crippen molar-refractivity contribution in [1.29, 1.82) is 0 Å². The molecule has 3 amide bonds. The van der Waals surface area contributed by atoms with Gasteiger partial charge in [-0.15, -0.1) is 11.3 Å². The van der Waals surface area contributed by atoms with Crippen molar-refractivity contribution in [2.75, 3.05) is 6.54 Å². The number of aryl methyl sites for hydroxylation is 1. The van der Waals surface area contributed by atoms with Crippen molar-refractivity contribution in [2.24, 2.45) is 17.8 Å². The number of hydrogen-bond acceptors (Lipinski definition) is 5. The van der Waals surface area contributed by atoms with Gasteiger partial charge in [0, 0.05) is 18.3 Å². The van der Waals surface area contributed by atoms with E-state index in [1.807, 2.05) is 38.3 Å². The predicted octanol–water partition coefficient (Wildman–Crippen LogP) is 2.48. The van der Waals surface area contributed by atoms with E-state index in [0.29, 0.717) is 32.2 Å². The number of thiazole rings is 1. The topological polar surface area (TPSA) is 79.4 Å². The zero-order valence-corrected chi connectivity index (χ0v) is 16.9. The summed E-state index contributed by atoms with van der Waals surface area (Å²) in [4.78, 5) is 44.2. The molecule has 3 rings (SSSR count). The Labute approximate surface area is 164 Å². The summed E-state index contributed by atoms with van der Waals surface area (Å²) in [5.41, 5.74) is 0.948. The number of imide groups is 1. The first-order valence-corrected chi connectivity index (χ1v) is 10.5. The Kier molecular flexibility index (Phi) is 6.09. The van der Waals surface area contributed by atoms with E-state index in [1.165, 1.54) is 4.90 Å². The molecule has 2 heterocycles. The molecule has 0 radical (unpaired) electrons. The smallest absolute Gasteiger partial charge is 0.243 e. The van der Waals surface area contributed by atoms with Crippen LogP contribution in [0.15, 0.2) is 17.5 Å². The van der Waals surface area contributed by atoms with Crippen LogP contribution in [0.5, 0.6) is 0 Å². The first-order chi connectivity index (χ1) is 12.9. The second-order valence-corrected chi connectivity index (χ2v) is 8.81. The first-order valence-electron chi connectivity index (χ1n) is 9.59. The highest BCUT2D eigenvalue weighted by Crippen LogP contribution is 2.37. The Morgan fingerprint density at radius 3 is 2.41 bits per heavy atom. The highest BCUT2D eigenvalue weighted by molar-refractivity contribution is 7.09. The van der Waals surface area contributed by atoms with Gasteiger partial charge in [-0.2, -0.15) is 0 Å². The first kappa shape index (κ1) is 19.7. The van der Waals surface area contributed by atoms with E-state index >= 15 is 0 Å². The van der Waals surface area contributed by atoms with Crippen LogP contribution < -0.4 is 5.32 Å². The molecule has 1 aromatic rings. The van der Waals surface area contributed by atoms with Gasteiger partial charge in [0.25, 0.3) is 0 Å². The molecule has 1 saturated heterocycles. The van der Waals surface area contributed by atoms with Crippen LogP contribution in [-0.2, 0) is 20.8 Å². The fourth-order valence-electron chi connectivity index (χ4n) is 3.86. The second kappa shape index (κ2) is 8.33. The molecular weight excluding hydrogens is 362 g/mol. The maximum absolute atomic E-state index is 12.9. The largest absolute Gasteiger partial charge is 0.354 e. The second-order valence-electron chi connectivity index (χ2n) is 7.75. The summed E-state index contributed by atoms with van der Waals surface area (Å²) in [6.07, 6.45) is 6.22. The number of rotatable bonds is 7. The lowest BCUT2D eigenvalue weighted by molar-refractivity contribution is -0.148. The number of nitrogens with one attached hydrogen (secondary N) is 1. The molecule has 1 aliphatic heterocycles. The van der Waals surface area contributed by atoms with Crippen molar-refractivity contribution in [1.82, 2.24) is 15.2 Å². The number of nitrogens with zero attached hydrogens (tertiary/aromatic N) is 2. The van der Waals surface area contributed by atoms with Crippen molar-refractivity contribution in [2.45, 2.75) is 52.5 Å². The normalized spacial score (nSPS) is 23.0. The highest BCUT2D eigenvalue weighted by Gasteiger charge is 2.51. The third-order valence-electron chi connectivity index (χ3n) is 5.20. The Balaban J connectivity index is 1.68. The summed E-state index contributed by atoms with van der Waals surface area (Å²) >= 11 is 1.58. The third kappa shape index (κ3) is 4.29. The lowest BCUT2D eigenvalue weighted by Gasteiger charge is -2.27. The maximum atomic E-state index is 12.9. The number of hydrogen-bond donors (Lipinski definition) is 1. The van der Waals surface area contributed by atoms with Crippen LogP contribution >= 0.6 is 11.3 Å². The summed E-state index contributed by atoms with van der Waals surface area (Å²) in [5.74, 6) is -1.03. The molecule has 0 spiro atoms. The minimum absolute atomic E-state index is 0.190. The molecule has 1 fully saturated rings. The fraction of sp³-hybridized carbons (Fsp3) is 0.600. The molecule has 3 atom stereocenters. The molecule has 2 aliphatic rings. The monoisotopic (exact) mass is 389 g/mol. The van der Waals surface area contributed by atoms with Crippen molar-refractivity contribution in [3.05, 3.63) is 28.2 Å². The van der Waals surface area contributed by atoms with E-state index in [2.05, 4.69) is 10.3 Å². The minimum atomic E-state index is -0.729. The third-order valence-corrected chi connectivity index (χ3v) is 6.02. The van der Waals surface area contributed by atoms with E-state index in [1.54, 1.807) is 11.3 Å². The van der Waals surface area contributed by atoms with Crippen LogP contribution in [0.25, 0.3) is 0 Å². The van der Waals surface area contributed by atoms with Crippen molar-refractivity contribution in [3.8, 4) is 0 Å². The Bertz CT molecular complexity index is 729. The molecule has 0 saturated carbocycles. The number of allylic oxidation sites excluding steroid dienone is 2. The SMILES string of the molecule is Cc1nc(CCNC(=O)[C@@H](CC(C)C)N2C(=O)[C@H]3CC=CC[C@H]3C2=O)cs1. The van der Waals surface area contributed by atoms with Gasteiger partial charge in [-0.1, -0.05) is 26.0 Å².